The number of hydrazone groups is 1. The number of nitrogens with zero attached hydrogens (tertiary/aromatic N) is 2. The first kappa shape index (κ1) is 29.7. The molecule has 0 saturated carbocycles. The molecule has 3 rings (SSSR count). The van der Waals surface area contributed by atoms with Crippen LogP contribution in [0.5, 0.6) is 34.5 Å². The number of amides is 1. The summed E-state index contributed by atoms with van der Waals surface area (Å²) in [6.07, 6.45) is 1.35. The largest absolute Gasteiger partial charge is 0.493 e. The molecule has 0 saturated heterocycles. The lowest BCUT2D eigenvalue weighted by atomic mass is 10.1. The van der Waals surface area contributed by atoms with Gasteiger partial charge in [0.25, 0.3) is 11.6 Å². The Morgan fingerprint density at radius 2 is 1.55 bits per heavy atom. The van der Waals surface area contributed by atoms with Crippen LogP contribution in [0.3, 0.4) is 0 Å². The van der Waals surface area contributed by atoms with Crippen LogP contribution in [0.4, 0.5) is 5.69 Å². The van der Waals surface area contributed by atoms with Crippen LogP contribution >= 0.6 is 15.9 Å². The number of nitro benzene ring substituents is 1. The quantitative estimate of drug-likeness (QED) is 0.103. The number of ether oxygens (including phenoxy) is 6. The Morgan fingerprint density at radius 3 is 2.12 bits per heavy atom. The predicted octanol–water partition coefficient (Wildman–Crippen LogP) is 4.14. The molecule has 0 unspecified atom stereocenters. The van der Waals surface area contributed by atoms with Gasteiger partial charge in [-0.15, -0.1) is 0 Å². The number of hydrogen-bond acceptors (Lipinski definition) is 11. The Balaban J connectivity index is 1.63. The minimum Gasteiger partial charge on any atom is -0.493 e. The number of nitro groups is 1. The molecule has 0 bridgehead atoms. The van der Waals surface area contributed by atoms with Crippen LogP contribution in [-0.2, 0) is 4.79 Å². The normalized spacial score (nSPS) is 10.5. The summed E-state index contributed by atoms with van der Waals surface area (Å²) in [7, 11) is 5.73. The molecule has 1 amide bonds. The van der Waals surface area contributed by atoms with Crippen molar-refractivity contribution in [3.05, 3.63) is 74.2 Å². The lowest BCUT2D eigenvalue weighted by Gasteiger charge is -2.14. The van der Waals surface area contributed by atoms with Crippen molar-refractivity contribution in [2.45, 2.75) is 0 Å². The molecule has 0 radical (unpaired) electrons. The van der Waals surface area contributed by atoms with Crippen LogP contribution < -0.4 is 33.8 Å². The van der Waals surface area contributed by atoms with Crippen molar-refractivity contribution < 1.29 is 42.9 Å². The van der Waals surface area contributed by atoms with E-state index in [1.54, 1.807) is 12.1 Å². The molecule has 0 fully saturated rings. The maximum Gasteiger partial charge on any atom is 0.343 e. The molecule has 3 aromatic carbocycles. The van der Waals surface area contributed by atoms with E-state index >= 15 is 0 Å². The highest BCUT2D eigenvalue weighted by molar-refractivity contribution is 9.10. The molecule has 0 aromatic heterocycles. The van der Waals surface area contributed by atoms with E-state index in [0.717, 1.165) is 0 Å². The van der Waals surface area contributed by atoms with Crippen molar-refractivity contribution in [3.63, 3.8) is 0 Å². The number of methoxy groups -OCH3 is 4. The Labute approximate surface area is 236 Å². The number of rotatable bonds is 12. The second-order valence-electron chi connectivity index (χ2n) is 7.67. The van der Waals surface area contributed by atoms with Crippen LogP contribution in [0.15, 0.2) is 58.1 Å². The van der Waals surface area contributed by atoms with E-state index in [2.05, 4.69) is 26.5 Å². The molecule has 0 aliphatic carbocycles. The van der Waals surface area contributed by atoms with Crippen LogP contribution in [0, 0.1) is 10.1 Å². The number of benzene rings is 3. The van der Waals surface area contributed by atoms with Gasteiger partial charge in [-0.2, -0.15) is 5.10 Å². The first-order valence-corrected chi connectivity index (χ1v) is 12.1. The van der Waals surface area contributed by atoms with E-state index in [1.807, 2.05) is 0 Å². The number of nitrogens with one attached hydrogen (secondary N) is 1. The molecule has 0 aliphatic rings. The van der Waals surface area contributed by atoms with Crippen molar-refractivity contribution in [2.24, 2.45) is 5.10 Å². The average Bonchev–Trinajstić information content (AvgIpc) is 2.96. The van der Waals surface area contributed by atoms with E-state index in [1.165, 1.54) is 71.1 Å². The number of non-ortho nitro benzene ring substituents is 1. The van der Waals surface area contributed by atoms with Gasteiger partial charge in [0.1, 0.15) is 5.75 Å². The van der Waals surface area contributed by atoms with E-state index in [0.29, 0.717) is 27.3 Å². The number of carbonyl (C=O) groups excluding carboxylic acids is 2. The van der Waals surface area contributed by atoms with Gasteiger partial charge in [-0.25, -0.2) is 10.2 Å². The Morgan fingerprint density at radius 1 is 0.900 bits per heavy atom. The molecule has 40 heavy (non-hydrogen) atoms. The lowest BCUT2D eigenvalue weighted by Crippen LogP contribution is -2.24. The minimum absolute atomic E-state index is 0.120. The van der Waals surface area contributed by atoms with Gasteiger partial charge in [-0.05, 0) is 57.9 Å². The van der Waals surface area contributed by atoms with E-state index in [-0.39, 0.29) is 35.1 Å². The third-order valence-electron chi connectivity index (χ3n) is 5.18. The van der Waals surface area contributed by atoms with Crippen molar-refractivity contribution >= 4 is 39.7 Å². The van der Waals surface area contributed by atoms with Gasteiger partial charge >= 0.3 is 5.97 Å². The smallest absolute Gasteiger partial charge is 0.343 e. The topological polar surface area (TPSA) is 157 Å². The summed E-state index contributed by atoms with van der Waals surface area (Å²) in [5, 5.41) is 14.7. The molecule has 210 valence electrons. The molecule has 1 N–H and O–H groups in total. The highest BCUT2D eigenvalue weighted by Crippen LogP contribution is 2.39. The second kappa shape index (κ2) is 13.8. The molecule has 0 heterocycles. The van der Waals surface area contributed by atoms with Crippen LogP contribution in [-0.4, -0.2) is 58.1 Å². The zero-order chi connectivity index (χ0) is 29.2. The van der Waals surface area contributed by atoms with Crippen molar-refractivity contribution in [1.29, 1.82) is 0 Å². The standard InChI is InChI=1S/C26H24BrN3O10/c1-35-21-9-15(13-28-29-24(31)14-39-19-8-6-17(30(33)34)12-18(19)27)5-7-20(21)40-26(32)16-10-22(36-2)25(38-4)23(11-16)37-3/h5-13H,14H2,1-4H3,(H,29,31)/b28-13-. The zero-order valence-corrected chi connectivity index (χ0v) is 23.3. The molecule has 3 aromatic rings. The molecular weight excluding hydrogens is 594 g/mol. The third kappa shape index (κ3) is 7.38. The van der Waals surface area contributed by atoms with Crippen LogP contribution in [0.25, 0.3) is 0 Å². The van der Waals surface area contributed by atoms with Gasteiger partial charge < -0.3 is 28.4 Å². The van der Waals surface area contributed by atoms with Gasteiger partial charge in [0, 0.05) is 12.1 Å². The van der Waals surface area contributed by atoms with Crippen molar-refractivity contribution in [3.8, 4) is 34.5 Å². The number of halogens is 1. The number of esters is 1. The molecule has 0 atom stereocenters. The summed E-state index contributed by atoms with van der Waals surface area (Å²) in [4.78, 5) is 35.2. The van der Waals surface area contributed by atoms with Gasteiger partial charge in [-0.1, -0.05) is 0 Å². The summed E-state index contributed by atoms with van der Waals surface area (Å²) >= 11 is 3.16. The fraction of sp³-hybridized carbons (Fsp3) is 0.192. The first-order chi connectivity index (χ1) is 19.2. The molecule has 0 spiro atoms. The molecular formula is C26H24BrN3O10. The van der Waals surface area contributed by atoms with Gasteiger partial charge in [0.15, 0.2) is 29.6 Å². The predicted molar refractivity (Wildman–Crippen MR) is 146 cm³/mol. The van der Waals surface area contributed by atoms with Gasteiger partial charge in [-0.3, -0.25) is 14.9 Å². The Bertz CT molecular complexity index is 1420. The lowest BCUT2D eigenvalue weighted by molar-refractivity contribution is -0.385. The third-order valence-corrected chi connectivity index (χ3v) is 5.80. The zero-order valence-electron chi connectivity index (χ0n) is 21.8. The van der Waals surface area contributed by atoms with E-state index < -0.39 is 16.8 Å². The van der Waals surface area contributed by atoms with Crippen LogP contribution in [0.1, 0.15) is 15.9 Å². The van der Waals surface area contributed by atoms with E-state index in [4.69, 9.17) is 28.4 Å². The SMILES string of the molecule is COc1cc(/C=N\NC(=O)COc2ccc([N+](=O)[O-])cc2Br)ccc1OC(=O)c1cc(OC)c(OC)c(OC)c1. The minimum atomic E-state index is -0.689. The average molecular weight is 618 g/mol. The highest BCUT2D eigenvalue weighted by atomic mass is 79.9. The Hall–Kier alpha value is -4.85. The molecule has 14 heteroatoms. The summed E-state index contributed by atoms with van der Waals surface area (Å²) in [5.41, 5.74) is 2.88. The summed E-state index contributed by atoms with van der Waals surface area (Å²) in [6, 6.07) is 11.5. The fourth-order valence-electron chi connectivity index (χ4n) is 3.28. The molecule has 13 nitrogen and oxygen atoms in total. The van der Waals surface area contributed by atoms with Crippen molar-refractivity contribution in [1.82, 2.24) is 5.43 Å². The van der Waals surface area contributed by atoms with Gasteiger partial charge in [0.05, 0.1) is 49.6 Å². The summed E-state index contributed by atoms with van der Waals surface area (Å²) in [6.45, 7) is -0.382. The number of carbonyl (C=O) groups is 2. The molecule has 0 aliphatic heterocycles. The highest BCUT2D eigenvalue weighted by Gasteiger charge is 2.20. The van der Waals surface area contributed by atoms with Gasteiger partial charge in [0.2, 0.25) is 5.75 Å². The monoisotopic (exact) mass is 617 g/mol. The Kier molecular flexibility index (Phi) is 10.2. The summed E-state index contributed by atoms with van der Waals surface area (Å²) < 4.78 is 32.4. The van der Waals surface area contributed by atoms with Crippen LogP contribution in [0.2, 0.25) is 0 Å². The van der Waals surface area contributed by atoms with Crippen molar-refractivity contribution in [2.75, 3.05) is 35.0 Å². The fourth-order valence-corrected chi connectivity index (χ4v) is 3.76. The maximum atomic E-state index is 12.8. The first-order valence-electron chi connectivity index (χ1n) is 11.3. The van der Waals surface area contributed by atoms with E-state index in [9.17, 15) is 19.7 Å². The second-order valence-corrected chi connectivity index (χ2v) is 8.52. The summed E-state index contributed by atoms with van der Waals surface area (Å²) in [5.74, 6) is 0.300. The maximum absolute atomic E-state index is 12.8. The number of hydrogen-bond donors (Lipinski definition) is 1.